The van der Waals surface area contributed by atoms with Crippen molar-refractivity contribution < 1.29 is 13.9 Å². The summed E-state index contributed by atoms with van der Waals surface area (Å²) < 4.78 is 10.6. The van der Waals surface area contributed by atoms with E-state index in [0.717, 1.165) is 23.6 Å². The third-order valence-electron chi connectivity index (χ3n) is 3.33. The minimum absolute atomic E-state index is 0.164. The Hall–Kier alpha value is -2.49. The Kier molecular flexibility index (Phi) is 4.82. The number of anilines is 1. The van der Waals surface area contributed by atoms with Gasteiger partial charge in [-0.15, -0.1) is 0 Å². The van der Waals surface area contributed by atoms with Gasteiger partial charge in [0.2, 0.25) is 0 Å². The number of nitrogens with zero attached hydrogens (tertiary/aromatic N) is 1. The van der Waals surface area contributed by atoms with E-state index in [1.807, 2.05) is 43.3 Å². The topological polar surface area (TPSA) is 42.7 Å². The molecule has 0 radical (unpaired) electrons. The second-order valence-electron chi connectivity index (χ2n) is 4.55. The Bertz CT molecular complexity index is 587. The van der Waals surface area contributed by atoms with E-state index < -0.39 is 0 Å². The largest absolute Gasteiger partial charge is 0.497 e. The van der Waals surface area contributed by atoms with Gasteiger partial charge in [-0.2, -0.15) is 0 Å². The summed E-state index contributed by atoms with van der Waals surface area (Å²) in [4.78, 5) is 14.0. The number of ether oxygens (including phenoxy) is 1. The van der Waals surface area contributed by atoms with Gasteiger partial charge in [0.15, 0.2) is 0 Å². The maximum Gasteiger partial charge on any atom is 0.251 e. The van der Waals surface area contributed by atoms with Crippen molar-refractivity contribution in [1.29, 1.82) is 0 Å². The highest BCUT2D eigenvalue weighted by atomic mass is 16.5. The van der Waals surface area contributed by atoms with Gasteiger partial charge in [-0.1, -0.05) is 13.5 Å². The zero-order valence-electron chi connectivity index (χ0n) is 12.3. The quantitative estimate of drug-likeness (QED) is 0.754. The van der Waals surface area contributed by atoms with Crippen LogP contribution < -0.4 is 9.64 Å². The molecule has 1 amide bonds. The van der Waals surface area contributed by atoms with Crippen molar-refractivity contribution in [3.05, 3.63) is 61.1 Å². The molecule has 0 saturated carbocycles. The smallest absolute Gasteiger partial charge is 0.251 e. The molecule has 4 heteroatoms. The number of methoxy groups -OCH3 is 1. The maximum absolute atomic E-state index is 12.3. The van der Waals surface area contributed by atoms with Crippen LogP contribution in [0.1, 0.15) is 25.1 Å². The van der Waals surface area contributed by atoms with Crippen LogP contribution in [0.4, 0.5) is 5.69 Å². The van der Waals surface area contributed by atoms with Crippen molar-refractivity contribution in [1.82, 2.24) is 0 Å². The molecule has 0 N–H and O–H groups in total. The summed E-state index contributed by atoms with van der Waals surface area (Å²) in [5.74, 6) is 1.34. The van der Waals surface area contributed by atoms with E-state index in [4.69, 9.17) is 9.15 Å². The van der Waals surface area contributed by atoms with E-state index in [-0.39, 0.29) is 11.9 Å². The lowest BCUT2D eigenvalue weighted by Gasteiger charge is -2.29. The maximum atomic E-state index is 12.3. The van der Waals surface area contributed by atoms with Crippen LogP contribution in [-0.4, -0.2) is 13.0 Å². The van der Waals surface area contributed by atoms with Gasteiger partial charge in [-0.05, 0) is 48.9 Å². The Morgan fingerprint density at radius 3 is 2.57 bits per heavy atom. The average Bonchev–Trinajstić information content (AvgIpc) is 3.06. The Labute approximate surface area is 124 Å². The summed E-state index contributed by atoms with van der Waals surface area (Å²) in [6, 6.07) is 10.9. The molecule has 2 rings (SSSR count). The minimum atomic E-state index is -0.168. The molecule has 1 atom stereocenters. The minimum Gasteiger partial charge on any atom is -0.497 e. The fourth-order valence-corrected chi connectivity index (χ4v) is 2.29. The summed E-state index contributed by atoms with van der Waals surface area (Å²) in [7, 11) is 1.61. The molecule has 1 aromatic carbocycles. The van der Waals surface area contributed by atoms with E-state index in [0.29, 0.717) is 0 Å². The first-order chi connectivity index (χ1) is 10.2. The number of amides is 1. The molecular weight excluding hydrogens is 266 g/mol. The zero-order valence-corrected chi connectivity index (χ0v) is 12.3. The van der Waals surface area contributed by atoms with Gasteiger partial charge in [0.25, 0.3) is 5.91 Å². The average molecular weight is 285 g/mol. The summed E-state index contributed by atoms with van der Waals surface area (Å²) in [6.07, 6.45) is 3.66. The molecule has 0 saturated heterocycles. The van der Waals surface area contributed by atoms with Crippen LogP contribution >= 0.6 is 0 Å². The highest BCUT2D eigenvalue weighted by Crippen LogP contribution is 2.31. The lowest BCUT2D eigenvalue weighted by molar-refractivity contribution is -0.114. The zero-order chi connectivity index (χ0) is 15.2. The van der Waals surface area contributed by atoms with E-state index in [9.17, 15) is 4.79 Å². The molecule has 0 fully saturated rings. The predicted molar refractivity (Wildman–Crippen MR) is 82.4 cm³/mol. The van der Waals surface area contributed by atoms with Gasteiger partial charge in [-0.3, -0.25) is 9.69 Å². The molecule has 0 bridgehead atoms. The van der Waals surface area contributed by atoms with E-state index in [1.54, 1.807) is 18.3 Å². The molecule has 1 unspecified atom stereocenters. The highest BCUT2D eigenvalue weighted by molar-refractivity contribution is 6.01. The molecule has 21 heavy (non-hydrogen) atoms. The first-order valence-electron chi connectivity index (χ1n) is 6.84. The van der Waals surface area contributed by atoms with Gasteiger partial charge in [0.05, 0.1) is 19.4 Å². The van der Waals surface area contributed by atoms with Crippen LogP contribution in [0, 0.1) is 0 Å². The van der Waals surface area contributed by atoms with Gasteiger partial charge in [0, 0.05) is 5.69 Å². The van der Waals surface area contributed by atoms with Crippen molar-refractivity contribution in [3.63, 3.8) is 0 Å². The Balaban J connectivity index is 2.41. The normalized spacial score (nSPS) is 11.7. The lowest BCUT2D eigenvalue weighted by Crippen LogP contribution is -2.33. The number of furan rings is 1. The summed E-state index contributed by atoms with van der Waals surface area (Å²) in [5.41, 5.74) is 0.781. The van der Waals surface area contributed by atoms with Crippen LogP contribution in [0.3, 0.4) is 0 Å². The number of hydrogen-bond acceptors (Lipinski definition) is 3. The number of hydrogen-bond donors (Lipinski definition) is 0. The first kappa shape index (κ1) is 14.9. The molecule has 1 aromatic heterocycles. The fourth-order valence-electron chi connectivity index (χ4n) is 2.29. The van der Waals surface area contributed by atoms with Crippen LogP contribution in [0.25, 0.3) is 0 Å². The summed E-state index contributed by atoms with van der Waals surface area (Å²) in [6.45, 7) is 5.61. The van der Waals surface area contributed by atoms with E-state index >= 15 is 0 Å². The molecule has 110 valence electrons. The number of benzene rings is 1. The molecule has 1 heterocycles. The fraction of sp³-hybridized carbons (Fsp3) is 0.235. The van der Waals surface area contributed by atoms with Crippen LogP contribution in [0.2, 0.25) is 0 Å². The number of rotatable bonds is 6. The van der Waals surface area contributed by atoms with Gasteiger partial charge in [0.1, 0.15) is 11.5 Å². The molecule has 0 aliphatic heterocycles. The number of carbonyl (C=O) groups is 1. The standard InChI is InChI=1S/C17H19NO3/c1-4-15(16-7-6-12-21-16)18(17(19)5-2)13-8-10-14(20-3)11-9-13/h5-12,15H,2,4H2,1,3H3. The third kappa shape index (κ3) is 3.16. The van der Waals surface area contributed by atoms with Crippen LogP contribution in [-0.2, 0) is 4.79 Å². The molecular formula is C17H19NO3. The Morgan fingerprint density at radius 2 is 2.10 bits per heavy atom. The molecule has 0 aliphatic rings. The number of carbonyl (C=O) groups excluding carboxylic acids is 1. The van der Waals surface area contributed by atoms with Crippen LogP contribution in [0.15, 0.2) is 59.7 Å². The Morgan fingerprint density at radius 1 is 1.38 bits per heavy atom. The molecule has 2 aromatic rings. The summed E-state index contributed by atoms with van der Waals surface area (Å²) in [5, 5.41) is 0. The van der Waals surface area contributed by atoms with E-state index in [2.05, 4.69) is 6.58 Å². The molecule has 4 nitrogen and oxygen atoms in total. The van der Waals surface area contributed by atoms with Crippen molar-refractivity contribution in [3.8, 4) is 5.75 Å². The van der Waals surface area contributed by atoms with Crippen LogP contribution in [0.5, 0.6) is 5.75 Å². The van der Waals surface area contributed by atoms with Crippen molar-refractivity contribution in [2.75, 3.05) is 12.0 Å². The van der Waals surface area contributed by atoms with E-state index in [1.165, 1.54) is 6.08 Å². The second kappa shape index (κ2) is 6.79. The first-order valence-corrected chi connectivity index (χ1v) is 6.84. The van der Waals surface area contributed by atoms with Gasteiger partial charge >= 0.3 is 0 Å². The van der Waals surface area contributed by atoms with Gasteiger partial charge in [-0.25, -0.2) is 0 Å². The predicted octanol–water partition coefficient (Wildman–Crippen LogP) is 3.96. The molecule has 0 spiro atoms. The lowest BCUT2D eigenvalue weighted by atomic mass is 10.1. The summed E-state index contributed by atoms with van der Waals surface area (Å²) >= 11 is 0. The second-order valence-corrected chi connectivity index (χ2v) is 4.55. The third-order valence-corrected chi connectivity index (χ3v) is 3.33. The highest BCUT2D eigenvalue weighted by Gasteiger charge is 2.25. The SMILES string of the molecule is C=CC(=O)N(c1ccc(OC)cc1)C(CC)c1ccco1. The monoisotopic (exact) mass is 285 g/mol. The van der Waals surface area contributed by atoms with Crippen molar-refractivity contribution in [2.24, 2.45) is 0 Å². The van der Waals surface area contributed by atoms with Gasteiger partial charge < -0.3 is 9.15 Å². The van der Waals surface area contributed by atoms with Crippen molar-refractivity contribution >= 4 is 11.6 Å². The van der Waals surface area contributed by atoms with Crippen molar-refractivity contribution in [2.45, 2.75) is 19.4 Å². The molecule has 0 aliphatic carbocycles.